The number of benzene rings is 1. The van der Waals surface area contributed by atoms with Gasteiger partial charge in [0.15, 0.2) is 0 Å². The second-order valence-corrected chi connectivity index (χ2v) is 5.28. The fourth-order valence-corrected chi connectivity index (χ4v) is 2.71. The number of hydrogen-bond donors (Lipinski definition) is 1. The van der Waals surface area contributed by atoms with Gasteiger partial charge in [-0.2, -0.15) is 0 Å². The topological polar surface area (TPSA) is 35.9 Å². The second-order valence-electron chi connectivity index (χ2n) is 5.28. The normalized spacial score (nSPS) is 24.5. The van der Waals surface area contributed by atoms with E-state index in [2.05, 4.69) is 35.9 Å². The van der Waals surface area contributed by atoms with Gasteiger partial charge < -0.3 is 14.7 Å². The molecule has 2 unspecified atom stereocenters. The molecular formula is C15H24N2O2. The number of piperazine rings is 1. The van der Waals surface area contributed by atoms with Crippen molar-refractivity contribution >= 4 is 5.69 Å². The Morgan fingerprint density at radius 3 is 2.53 bits per heavy atom. The van der Waals surface area contributed by atoms with Crippen LogP contribution in [-0.2, 0) is 0 Å². The number of aliphatic hydroxyl groups is 1. The zero-order valence-electron chi connectivity index (χ0n) is 12.0. The molecule has 4 nitrogen and oxygen atoms in total. The lowest BCUT2D eigenvalue weighted by atomic mass is 10.0. The molecule has 1 aliphatic heterocycles. The van der Waals surface area contributed by atoms with Crippen LogP contribution < -0.4 is 9.64 Å². The van der Waals surface area contributed by atoms with Gasteiger partial charge in [0, 0.05) is 37.5 Å². The van der Waals surface area contributed by atoms with Crippen molar-refractivity contribution in [1.82, 2.24) is 4.90 Å². The lowest BCUT2D eigenvalue weighted by Crippen LogP contribution is -2.56. The van der Waals surface area contributed by atoms with Crippen molar-refractivity contribution in [1.29, 1.82) is 0 Å². The summed E-state index contributed by atoms with van der Waals surface area (Å²) in [6, 6.07) is 9.11. The molecule has 0 spiro atoms. The van der Waals surface area contributed by atoms with E-state index >= 15 is 0 Å². The van der Waals surface area contributed by atoms with Crippen molar-refractivity contribution in [3.63, 3.8) is 0 Å². The Morgan fingerprint density at radius 1 is 1.26 bits per heavy atom. The van der Waals surface area contributed by atoms with Crippen LogP contribution in [0, 0.1) is 0 Å². The SMILES string of the molecule is COc1ccc(N2CC(C)N(C)C(CCO)C2)cc1. The summed E-state index contributed by atoms with van der Waals surface area (Å²) in [6.07, 6.45) is 0.827. The van der Waals surface area contributed by atoms with Gasteiger partial charge >= 0.3 is 0 Å². The maximum absolute atomic E-state index is 9.19. The number of aliphatic hydroxyl groups excluding tert-OH is 1. The van der Waals surface area contributed by atoms with E-state index < -0.39 is 0 Å². The Balaban J connectivity index is 2.10. The molecule has 106 valence electrons. The molecule has 0 amide bonds. The molecule has 1 aromatic rings. The molecule has 0 aliphatic carbocycles. The van der Waals surface area contributed by atoms with E-state index in [-0.39, 0.29) is 6.61 Å². The minimum absolute atomic E-state index is 0.248. The zero-order valence-corrected chi connectivity index (χ0v) is 12.0. The van der Waals surface area contributed by atoms with E-state index in [9.17, 15) is 5.11 Å². The van der Waals surface area contributed by atoms with Crippen LogP contribution >= 0.6 is 0 Å². The molecule has 1 heterocycles. The molecule has 0 aromatic heterocycles. The lowest BCUT2D eigenvalue weighted by molar-refractivity contribution is 0.128. The van der Waals surface area contributed by atoms with Crippen LogP contribution in [0.4, 0.5) is 5.69 Å². The molecule has 0 radical (unpaired) electrons. The average Bonchev–Trinajstić information content (AvgIpc) is 2.44. The van der Waals surface area contributed by atoms with E-state index in [1.54, 1.807) is 7.11 Å². The van der Waals surface area contributed by atoms with Gasteiger partial charge in [0.1, 0.15) is 5.75 Å². The predicted octanol–water partition coefficient (Wildman–Crippen LogP) is 1.59. The average molecular weight is 264 g/mol. The van der Waals surface area contributed by atoms with Gasteiger partial charge in [0.25, 0.3) is 0 Å². The highest BCUT2D eigenvalue weighted by Gasteiger charge is 2.29. The molecule has 4 heteroatoms. The Labute approximate surface area is 115 Å². The summed E-state index contributed by atoms with van der Waals surface area (Å²) in [7, 11) is 3.83. The van der Waals surface area contributed by atoms with Gasteiger partial charge in [-0.1, -0.05) is 0 Å². The van der Waals surface area contributed by atoms with Crippen molar-refractivity contribution in [2.24, 2.45) is 0 Å². The third-order valence-electron chi connectivity index (χ3n) is 4.09. The maximum atomic E-state index is 9.19. The van der Waals surface area contributed by atoms with Gasteiger partial charge in [-0.3, -0.25) is 4.90 Å². The second kappa shape index (κ2) is 6.26. The summed E-state index contributed by atoms with van der Waals surface area (Å²) in [4.78, 5) is 4.76. The molecule has 1 fully saturated rings. The van der Waals surface area contributed by atoms with Crippen molar-refractivity contribution < 1.29 is 9.84 Å². The van der Waals surface area contributed by atoms with E-state index in [1.807, 2.05) is 12.1 Å². The van der Waals surface area contributed by atoms with Crippen molar-refractivity contribution in [2.75, 3.05) is 38.8 Å². The molecule has 1 aromatic carbocycles. The zero-order chi connectivity index (χ0) is 13.8. The monoisotopic (exact) mass is 264 g/mol. The lowest BCUT2D eigenvalue weighted by Gasteiger charge is -2.44. The van der Waals surface area contributed by atoms with Crippen LogP contribution in [0.5, 0.6) is 5.75 Å². The molecule has 1 saturated heterocycles. The summed E-state index contributed by atoms with van der Waals surface area (Å²) in [5, 5.41) is 9.19. The fraction of sp³-hybridized carbons (Fsp3) is 0.600. The third-order valence-corrected chi connectivity index (χ3v) is 4.09. The smallest absolute Gasteiger partial charge is 0.119 e. The highest BCUT2D eigenvalue weighted by atomic mass is 16.5. The van der Waals surface area contributed by atoms with Crippen LogP contribution in [0.25, 0.3) is 0 Å². The molecule has 0 saturated carbocycles. The number of likely N-dealkylation sites (N-methyl/N-ethyl adjacent to an activating group) is 1. The molecule has 2 rings (SSSR count). The Morgan fingerprint density at radius 2 is 1.95 bits per heavy atom. The van der Waals surface area contributed by atoms with Crippen LogP contribution in [0.1, 0.15) is 13.3 Å². The molecular weight excluding hydrogens is 240 g/mol. The van der Waals surface area contributed by atoms with E-state index in [1.165, 1.54) is 5.69 Å². The summed E-state index contributed by atoms with van der Waals surface area (Å²) in [6.45, 7) is 4.47. The predicted molar refractivity (Wildman–Crippen MR) is 77.9 cm³/mol. The third kappa shape index (κ3) is 3.19. The number of anilines is 1. The fourth-order valence-electron chi connectivity index (χ4n) is 2.71. The minimum atomic E-state index is 0.248. The number of ether oxygens (including phenoxy) is 1. The quantitative estimate of drug-likeness (QED) is 0.896. The van der Waals surface area contributed by atoms with Gasteiger partial charge in [-0.25, -0.2) is 0 Å². The highest BCUT2D eigenvalue weighted by Crippen LogP contribution is 2.24. The first kappa shape index (κ1) is 14.2. The molecule has 1 N–H and O–H groups in total. The van der Waals surface area contributed by atoms with E-state index in [4.69, 9.17) is 4.74 Å². The van der Waals surface area contributed by atoms with E-state index in [0.29, 0.717) is 12.1 Å². The summed E-state index contributed by atoms with van der Waals surface area (Å²) < 4.78 is 5.19. The van der Waals surface area contributed by atoms with Gasteiger partial charge in [0.05, 0.1) is 7.11 Å². The van der Waals surface area contributed by atoms with Gasteiger partial charge in [-0.15, -0.1) is 0 Å². The van der Waals surface area contributed by atoms with Crippen LogP contribution in [0.15, 0.2) is 24.3 Å². The first-order valence-corrected chi connectivity index (χ1v) is 6.87. The summed E-state index contributed by atoms with van der Waals surface area (Å²) in [5.41, 5.74) is 1.23. The number of rotatable bonds is 4. The number of nitrogens with zero attached hydrogens (tertiary/aromatic N) is 2. The first-order chi connectivity index (χ1) is 9.15. The van der Waals surface area contributed by atoms with Crippen molar-refractivity contribution in [2.45, 2.75) is 25.4 Å². The molecule has 2 atom stereocenters. The van der Waals surface area contributed by atoms with Crippen LogP contribution in [-0.4, -0.2) is 55.9 Å². The molecule has 19 heavy (non-hydrogen) atoms. The van der Waals surface area contributed by atoms with E-state index in [0.717, 1.165) is 25.3 Å². The van der Waals surface area contributed by atoms with Crippen LogP contribution in [0.2, 0.25) is 0 Å². The standard InChI is InChI=1S/C15H24N2O2/c1-12-10-17(11-14(8-9-18)16(12)2)13-4-6-15(19-3)7-5-13/h4-7,12,14,18H,8-11H2,1-3H3. The maximum Gasteiger partial charge on any atom is 0.119 e. The number of methoxy groups -OCH3 is 1. The largest absolute Gasteiger partial charge is 0.497 e. The Bertz CT molecular complexity index is 394. The van der Waals surface area contributed by atoms with Crippen molar-refractivity contribution in [3.05, 3.63) is 24.3 Å². The Hall–Kier alpha value is -1.26. The Kier molecular flexibility index (Phi) is 4.66. The minimum Gasteiger partial charge on any atom is -0.497 e. The number of hydrogen-bond acceptors (Lipinski definition) is 4. The van der Waals surface area contributed by atoms with Gasteiger partial charge in [-0.05, 0) is 44.7 Å². The van der Waals surface area contributed by atoms with Crippen LogP contribution in [0.3, 0.4) is 0 Å². The van der Waals surface area contributed by atoms with Crippen molar-refractivity contribution in [3.8, 4) is 5.75 Å². The summed E-state index contributed by atoms with van der Waals surface area (Å²) in [5.74, 6) is 0.887. The molecule has 0 bridgehead atoms. The first-order valence-electron chi connectivity index (χ1n) is 6.87. The highest BCUT2D eigenvalue weighted by molar-refractivity contribution is 5.49. The van der Waals surface area contributed by atoms with Gasteiger partial charge in [0.2, 0.25) is 0 Å². The molecule has 1 aliphatic rings. The summed E-state index contributed by atoms with van der Waals surface area (Å²) >= 11 is 0.